The average Bonchev–Trinajstić information content (AvgIpc) is 2.96. The van der Waals surface area contributed by atoms with Crippen LogP contribution in [0.5, 0.6) is 0 Å². The molecule has 3 aliphatic rings. The van der Waals surface area contributed by atoms with Crippen LogP contribution < -0.4 is 0 Å². The Morgan fingerprint density at radius 2 is 1.79 bits per heavy atom. The fourth-order valence-electron chi connectivity index (χ4n) is 4.69. The summed E-state index contributed by atoms with van der Waals surface area (Å²) in [6, 6.07) is 0.782. The third-order valence-corrected chi connectivity index (χ3v) is 6.17. The number of nitrogens with zero attached hydrogens (tertiary/aromatic N) is 3. The lowest BCUT2D eigenvalue weighted by molar-refractivity contribution is -0.135. The maximum Gasteiger partial charge on any atom is 0.227 e. The van der Waals surface area contributed by atoms with E-state index < -0.39 is 0 Å². The minimum Gasteiger partial charge on any atom is -0.383 e. The Bertz CT molecular complexity index is 398. The molecule has 0 N–H and O–H groups in total. The first kappa shape index (κ1) is 18.2. The smallest absolute Gasteiger partial charge is 0.227 e. The number of likely N-dealkylation sites (tertiary alicyclic amines) is 1. The first-order valence-electron chi connectivity index (χ1n) is 10.0. The lowest BCUT2D eigenvalue weighted by Crippen LogP contribution is -2.42. The molecule has 0 bridgehead atoms. The topological polar surface area (TPSA) is 36.0 Å². The molecular formula is C19H35N3O2. The first-order chi connectivity index (χ1) is 11.8. The second kappa shape index (κ2) is 9.16. The van der Waals surface area contributed by atoms with Crippen LogP contribution in [0.3, 0.4) is 0 Å². The maximum atomic E-state index is 12.9. The van der Waals surface area contributed by atoms with Gasteiger partial charge in [0.15, 0.2) is 0 Å². The van der Waals surface area contributed by atoms with Crippen LogP contribution in [0.25, 0.3) is 0 Å². The summed E-state index contributed by atoms with van der Waals surface area (Å²) in [6.45, 7) is 7.83. The first-order valence-corrected chi connectivity index (χ1v) is 10.0. The van der Waals surface area contributed by atoms with Gasteiger partial charge in [0.25, 0.3) is 0 Å². The lowest BCUT2D eigenvalue weighted by Gasteiger charge is -2.33. The van der Waals surface area contributed by atoms with E-state index in [1.807, 2.05) is 0 Å². The van der Waals surface area contributed by atoms with Crippen LogP contribution in [0.1, 0.15) is 44.9 Å². The van der Waals surface area contributed by atoms with Crippen LogP contribution in [-0.2, 0) is 9.53 Å². The van der Waals surface area contributed by atoms with Crippen molar-refractivity contribution in [3.05, 3.63) is 0 Å². The average molecular weight is 338 g/mol. The highest BCUT2D eigenvalue weighted by atomic mass is 16.5. The minimum absolute atomic E-state index is 0.211. The van der Waals surface area contributed by atoms with Crippen molar-refractivity contribution >= 4 is 5.91 Å². The summed E-state index contributed by atoms with van der Waals surface area (Å²) < 4.78 is 5.16. The predicted octanol–water partition coefficient (Wildman–Crippen LogP) is 1.82. The molecule has 5 nitrogen and oxygen atoms in total. The largest absolute Gasteiger partial charge is 0.383 e. The standard InChI is InChI=1S/C19H35N3O2/c1-24-15-14-20-11-8-17(16-20)19(23)22-10-5-9-21(12-13-22)18-6-3-2-4-7-18/h17-18H,2-16H2,1H3/t17-/m1/s1. The Hall–Kier alpha value is -0.650. The van der Waals surface area contributed by atoms with Gasteiger partial charge in [-0.05, 0) is 32.2 Å². The molecule has 1 atom stereocenters. The van der Waals surface area contributed by atoms with Crippen LogP contribution in [0.2, 0.25) is 0 Å². The Morgan fingerprint density at radius 1 is 0.958 bits per heavy atom. The number of amides is 1. The van der Waals surface area contributed by atoms with E-state index in [2.05, 4.69) is 14.7 Å². The molecule has 0 unspecified atom stereocenters. The van der Waals surface area contributed by atoms with Crippen molar-refractivity contribution < 1.29 is 9.53 Å². The molecule has 1 saturated carbocycles. The van der Waals surface area contributed by atoms with Gasteiger partial charge in [-0.1, -0.05) is 19.3 Å². The van der Waals surface area contributed by atoms with Crippen molar-refractivity contribution in [2.24, 2.45) is 5.92 Å². The summed E-state index contributed by atoms with van der Waals surface area (Å²) >= 11 is 0. The van der Waals surface area contributed by atoms with Gasteiger partial charge in [0.1, 0.15) is 0 Å². The summed E-state index contributed by atoms with van der Waals surface area (Å²) in [7, 11) is 1.74. The zero-order chi connectivity index (χ0) is 16.8. The normalized spacial score (nSPS) is 28.2. The fraction of sp³-hybridized carbons (Fsp3) is 0.947. The van der Waals surface area contributed by atoms with Gasteiger partial charge in [-0.2, -0.15) is 0 Å². The van der Waals surface area contributed by atoms with Gasteiger partial charge in [-0.3, -0.25) is 9.69 Å². The Kier molecular flexibility index (Phi) is 6.93. The molecule has 0 aromatic rings. The van der Waals surface area contributed by atoms with E-state index >= 15 is 0 Å². The number of carbonyl (C=O) groups is 1. The molecule has 3 rings (SSSR count). The Morgan fingerprint density at radius 3 is 2.58 bits per heavy atom. The number of ether oxygens (including phenoxy) is 1. The lowest BCUT2D eigenvalue weighted by atomic mass is 9.94. The highest BCUT2D eigenvalue weighted by molar-refractivity contribution is 5.79. The van der Waals surface area contributed by atoms with Gasteiger partial charge >= 0.3 is 0 Å². The van der Waals surface area contributed by atoms with Gasteiger partial charge in [-0.25, -0.2) is 0 Å². The SMILES string of the molecule is COCCN1CC[C@@H](C(=O)N2CCCN(C3CCCCC3)CC2)C1. The molecule has 0 radical (unpaired) electrons. The number of carbonyl (C=O) groups excluding carboxylic acids is 1. The van der Waals surface area contributed by atoms with E-state index in [4.69, 9.17) is 4.74 Å². The number of methoxy groups -OCH3 is 1. The van der Waals surface area contributed by atoms with E-state index in [1.54, 1.807) is 7.11 Å². The zero-order valence-electron chi connectivity index (χ0n) is 15.4. The van der Waals surface area contributed by atoms with Gasteiger partial charge in [-0.15, -0.1) is 0 Å². The molecular weight excluding hydrogens is 302 g/mol. The summed E-state index contributed by atoms with van der Waals surface area (Å²) in [5.41, 5.74) is 0. The van der Waals surface area contributed by atoms with E-state index in [1.165, 1.54) is 38.6 Å². The molecule has 2 saturated heterocycles. The summed E-state index contributed by atoms with van der Waals surface area (Å²) in [5, 5.41) is 0. The van der Waals surface area contributed by atoms with E-state index in [0.717, 1.165) is 64.8 Å². The Labute approximate surface area is 147 Å². The van der Waals surface area contributed by atoms with Crippen LogP contribution in [0.15, 0.2) is 0 Å². The molecule has 1 aliphatic carbocycles. The minimum atomic E-state index is 0.211. The Balaban J connectivity index is 1.46. The molecule has 0 spiro atoms. The number of hydrogen-bond acceptors (Lipinski definition) is 4. The van der Waals surface area contributed by atoms with E-state index in [0.29, 0.717) is 5.91 Å². The van der Waals surface area contributed by atoms with Gasteiger partial charge < -0.3 is 14.5 Å². The molecule has 3 fully saturated rings. The van der Waals surface area contributed by atoms with Crippen LogP contribution in [-0.4, -0.2) is 86.2 Å². The molecule has 2 aliphatic heterocycles. The third kappa shape index (κ3) is 4.70. The van der Waals surface area contributed by atoms with Crippen molar-refractivity contribution in [3.63, 3.8) is 0 Å². The van der Waals surface area contributed by atoms with Crippen molar-refractivity contribution in [1.29, 1.82) is 0 Å². The van der Waals surface area contributed by atoms with Gasteiger partial charge in [0, 0.05) is 52.4 Å². The summed E-state index contributed by atoms with van der Waals surface area (Å²) in [6.07, 6.45) is 9.09. The second-order valence-corrected chi connectivity index (χ2v) is 7.79. The van der Waals surface area contributed by atoms with Crippen molar-refractivity contribution in [1.82, 2.24) is 14.7 Å². The summed E-state index contributed by atoms with van der Waals surface area (Å²) in [5.74, 6) is 0.614. The highest BCUT2D eigenvalue weighted by Crippen LogP contribution is 2.24. The molecule has 24 heavy (non-hydrogen) atoms. The maximum absolute atomic E-state index is 12.9. The van der Waals surface area contributed by atoms with E-state index in [9.17, 15) is 4.79 Å². The molecule has 5 heteroatoms. The van der Waals surface area contributed by atoms with Gasteiger partial charge in [0.05, 0.1) is 12.5 Å². The van der Waals surface area contributed by atoms with Crippen LogP contribution in [0, 0.1) is 5.92 Å². The molecule has 0 aromatic carbocycles. The molecule has 1 amide bonds. The predicted molar refractivity (Wildman–Crippen MR) is 96.1 cm³/mol. The number of rotatable bonds is 5. The van der Waals surface area contributed by atoms with Crippen molar-refractivity contribution in [2.75, 3.05) is 59.5 Å². The van der Waals surface area contributed by atoms with Crippen LogP contribution >= 0.6 is 0 Å². The number of hydrogen-bond donors (Lipinski definition) is 0. The second-order valence-electron chi connectivity index (χ2n) is 7.79. The van der Waals surface area contributed by atoms with Gasteiger partial charge in [0.2, 0.25) is 5.91 Å². The summed E-state index contributed by atoms with van der Waals surface area (Å²) in [4.78, 5) is 20.1. The quantitative estimate of drug-likeness (QED) is 0.767. The highest BCUT2D eigenvalue weighted by Gasteiger charge is 2.32. The third-order valence-electron chi connectivity index (χ3n) is 6.17. The van der Waals surface area contributed by atoms with E-state index in [-0.39, 0.29) is 5.92 Å². The van der Waals surface area contributed by atoms with Crippen LogP contribution in [0.4, 0.5) is 0 Å². The molecule has 0 aromatic heterocycles. The molecule has 2 heterocycles. The monoisotopic (exact) mass is 337 g/mol. The zero-order valence-corrected chi connectivity index (χ0v) is 15.4. The van der Waals surface area contributed by atoms with Crippen molar-refractivity contribution in [3.8, 4) is 0 Å². The fourth-order valence-corrected chi connectivity index (χ4v) is 4.69. The van der Waals surface area contributed by atoms with Crippen molar-refractivity contribution in [2.45, 2.75) is 51.0 Å². The molecule has 138 valence electrons.